The zero-order valence-electron chi connectivity index (χ0n) is 9.57. The lowest BCUT2D eigenvalue weighted by Gasteiger charge is -2.33. The molecule has 0 radical (unpaired) electrons. The maximum atomic E-state index is 10.3. The topological polar surface area (TPSA) is 58.9 Å². The van der Waals surface area contributed by atoms with Crippen molar-refractivity contribution in [1.82, 2.24) is 0 Å². The molecule has 0 unspecified atom stereocenters. The summed E-state index contributed by atoms with van der Waals surface area (Å²) in [4.78, 5) is 15.0. The van der Waals surface area contributed by atoms with Crippen LogP contribution in [0.5, 0.6) is 0 Å². The van der Waals surface area contributed by atoms with Crippen LogP contribution in [0.15, 0.2) is 5.16 Å². The number of hydrogen-bond donors (Lipinski definition) is 1. The second kappa shape index (κ2) is 4.85. The Hall–Kier alpha value is -1.06. The van der Waals surface area contributed by atoms with Crippen molar-refractivity contribution in [2.24, 2.45) is 10.6 Å². The van der Waals surface area contributed by atoms with Gasteiger partial charge in [0.25, 0.3) is 0 Å². The third kappa shape index (κ3) is 2.74. The van der Waals surface area contributed by atoms with Crippen molar-refractivity contribution in [3.63, 3.8) is 0 Å². The number of carboxylic acid groups (broad SMARTS) is 1. The van der Waals surface area contributed by atoms with Crippen LogP contribution in [0.3, 0.4) is 0 Å². The van der Waals surface area contributed by atoms with Crippen molar-refractivity contribution >= 4 is 11.7 Å². The summed E-state index contributed by atoms with van der Waals surface area (Å²) in [5.41, 5.74) is 1.63. The van der Waals surface area contributed by atoms with E-state index in [0.717, 1.165) is 18.6 Å². The van der Waals surface area contributed by atoms with E-state index in [4.69, 9.17) is 9.94 Å². The molecule has 0 saturated heterocycles. The number of nitrogens with zero attached hydrogens (tertiary/aromatic N) is 1. The van der Waals surface area contributed by atoms with Crippen molar-refractivity contribution < 1.29 is 14.7 Å². The molecule has 0 aromatic rings. The number of hydrogen-bond acceptors (Lipinski definition) is 3. The average Bonchev–Trinajstić information content (AvgIpc) is 2.70. The first-order chi connectivity index (χ1) is 7.70. The Balaban J connectivity index is 1.78. The molecule has 90 valence electrons. The smallest absolute Gasteiger partial charge is 0.344 e. The second-order valence-corrected chi connectivity index (χ2v) is 5.03. The van der Waals surface area contributed by atoms with E-state index < -0.39 is 5.97 Å². The number of aliphatic carboxylic acids is 1. The van der Waals surface area contributed by atoms with Gasteiger partial charge in [0.05, 0.1) is 5.71 Å². The quantitative estimate of drug-likeness (QED) is 0.751. The first-order valence-corrected chi connectivity index (χ1v) is 6.10. The molecule has 4 heteroatoms. The molecular weight excluding hydrogens is 206 g/mol. The van der Waals surface area contributed by atoms with Crippen LogP contribution in [0.2, 0.25) is 0 Å². The molecule has 2 rings (SSSR count). The molecule has 1 N–H and O–H groups in total. The largest absolute Gasteiger partial charge is 0.479 e. The van der Waals surface area contributed by atoms with Crippen LogP contribution in [0.1, 0.15) is 51.4 Å². The molecule has 0 heterocycles. The van der Waals surface area contributed by atoms with Crippen LogP contribution >= 0.6 is 0 Å². The molecule has 16 heavy (non-hydrogen) atoms. The molecule has 2 aliphatic rings. The number of rotatable bonds is 3. The molecule has 1 spiro atoms. The summed E-state index contributed by atoms with van der Waals surface area (Å²) in [6, 6.07) is 0. The standard InChI is InChI=1S/C12H19NO3/c14-11(15)9-16-13-10-3-7-12(8-4-10)5-1-2-6-12/h1-9H2,(H,14,15). The van der Waals surface area contributed by atoms with Crippen LogP contribution in [0.25, 0.3) is 0 Å². The number of carbonyl (C=O) groups is 1. The third-order valence-corrected chi connectivity index (χ3v) is 3.93. The number of carboxylic acids is 1. The average molecular weight is 225 g/mol. The molecule has 0 bridgehead atoms. The minimum absolute atomic E-state index is 0.325. The number of oxime groups is 1. The van der Waals surface area contributed by atoms with Gasteiger partial charge in [0.15, 0.2) is 0 Å². The minimum Gasteiger partial charge on any atom is -0.479 e. The first-order valence-electron chi connectivity index (χ1n) is 6.10. The third-order valence-electron chi connectivity index (χ3n) is 3.93. The van der Waals surface area contributed by atoms with E-state index in [0.29, 0.717) is 5.41 Å². The summed E-state index contributed by atoms with van der Waals surface area (Å²) in [7, 11) is 0. The Morgan fingerprint density at radius 3 is 2.44 bits per heavy atom. The molecule has 2 saturated carbocycles. The molecule has 0 aliphatic heterocycles. The molecule has 0 amide bonds. The fourth-order valence-corrected chi connectivity index (χ4v) is 2.96. The van der Waals surface area contributed by atoms with Gasteiger partial charge in [0.2, 0.25) is 6.61 Å². The highest BCUT2D eigenvalue weighted by Gasteiger charge is 2.36. The molecule has 0 aromatic carbocycles. The van der Waals surface area contributed by atoms with Crippen LogP contribution in [-0.2, 0) is 9.63 Å². The highest BCUT2D eigenvalue weighted by atomic mass is 16.6. The molecular formula is C12H19NO3. The highest BCUT2D eigenvalue weighted by molar-refractivity contribution is 5.84. The Kier molecular flexibility index (Phi) is 3.46. The van der Waals surface area contributed by atoms with E-state index in [1.165, 1.54) is 38.5 Å². The molecule has 4 nitrogen and oxygen atoms in total. The van der Waals surface area contributed by atoms with Crippen LogP contribution in [0.4, 0.5) is 0 Å². The molecule has 0 atom stereocenters. The van der Waals surface area contributed by atoms with Gasteiger partial charge in [-0.3, -0.25) is 0 Å². The fraction of sp³-hybridized carbons (Fsp3) is 0.833. The van der Waals surface area contributed by atoms with E-state index in [9.17, 15) is 4.79 Å². The monoisotopic (exact) mass is 225 g/mol. The lowest BCUT2D eigenvalue weighted by atomic mass is 9.72. The zero-order chi connectivity index (χ0) is 11.4. The second-order valence-electron chi connectivity index (χ2n) is 5.03. The van der Waals surface area contributed by atoms with E-state index in [2.05, 4.69) is 5.16 Å². The predicted octanol–water partition coefficient (Wildman–Crippen LogP) is 2.58. The van der Waals surface area contributed by atoms with Gasteiger partial charge in [-0.25, -0.2) is 4.79 Å². The van der Waals surface area contributed by atoms with Gasteiger partial charge < -0.3 is 9.94 Å². The predicted molar refractivity (Wildman–Crippen MR) is 60.4 cm³/mol. The maximum Gasteiger partial charge on any atom is 0.344 e. The van der Waals surface area contributed by atoms with Gasteiger partial charge >= 0.3 is 5.97 Å². The summed E-state index contributed by atoms with van der Waals surface area (Å²) < 4.78 is 0. The van der Waals surface area contributed by atoms with Gasteiger partial charge in [-0.1, -0.05) is 18.0 Å². The fourth-order valence-electron chi connectivity index (χ4n) is 2.96. The summed E-state index contributed by atoms with van der Waals surface area (Å²) >= 11 is 0. The lowest BCUT2D eigenvalue weighted by Crippen LogP contribution is -2.24. The van der Waals surface area contributed by atoms with E-state index in [1.807, 2.05) is 0 Å². The van der Waals surface area contributed by atoms with Gasteiger partial charge in [-0.2, -0.15) is 0 Å². The first kappa shape index (κ1) is 11.4. The van der Waals surface area contributed by atoms with Crippen LogP contribution in [-0.4, -0.2) is 23.4 Å². The SMILES string of the molecule is O=C(O)CON=C1CCC2(CCCC2)CC1. The van der Waals surface area contributed by atoms with Gasteiger partial charge in [0.1, 0.15) is 0 Å². The summed E-state index contributed by atoms with van der Waals surface area (Å²) in [6.45, 7) is -0.325. The van der Waals surface area contributed by atoms with Crippen molar-refractivity contribution in [2.45, 2.75) is 51.4 Å². The Morgan fingerprint density at radius 2 is 1.88 bits per heavy atom. The highest BCUT2D eigenvalue weighted by Crippen LogP contribution is 2.48. The van der Waals surface area contributed by atoms with Gasteiger partial charge in [-0.15, -0.1) is 0 Å². The van der Waals surface area contributed by atoms with Crippen LogP contribution in [0, 0.1) is 5.41 Å². The Bertz CT molecular complexity index is 281. The maximum absolute atomic E-state index is 10.3. The minimum atomic E-state index is -0.965. The molecule has 2 fully saturated rings. The Labute approximate surface area is 95.7 Å². The zero-order valence-corrected chi connectivity index (χ0v) is 9.57. The van der Waals surface area contributed by atoms with E-state index >= 15 is 0 Å². The Morgan fingerprint density at radius 1 is 1.25 bits per heavy atom. The van der Waals surface area contributed by atoms with Crippen molar-refractivity contribution in [1.29, 1.82) is 0 Å². The van der Waals surface area contributed by atoms with Crippen molar-refractivity contribution in [3.05, 3.63) is 0 Å². The summed E-state index contributed by atoms with van der Waals surface area (Å²) in [6.07, 6.45) is 9.89. The van der Waals surface area contributed by atoms with Gasteiger partial charge in [0, 0.05) is 0 Å². The lowest BCUT2D eigenvalue weighted by molar-refractivity contribution is -0.142. The van der Waals surface area contributed by atoms with Gasteiger partial charge in [-0.05, 0) is 43.9 Å². The molecule has 2 aliphatic carbocycles. The normalized spacial score (nSPS) is 23.4. The molecule has 0 aromatic heterocycles. The van der Waals surface area contributed by atoms with E-state index in [-0.39, 0.29) is 6.61 Å². The van der Waals surface area contributed by atoms with Crippen LogP contribution < -0.4 is 0 Å². The summed E-state index contributed by atoms with van der Waals surface area (Å²) in [5.74, 6) is -0.965. The van der Waals surface area contributed by atoms with E-state index in [1.54, 1.807) is 0 Å². The van der Waals surface area contributed by atoms with Crippen molar-refractivity contribution in [2.75, 3.05) is 6.61 Å². The van der Waals surface area contributed by atoms with Crippen molar-refractivity contribution in [3.8, 4) is 0 Å². The summed E-state index contributed by atoms with van der Waals surface area (Å²) in [5, 5.41) is 12.3.